The molecular weight excluding hydrogens is 526 g/mol. The predicted octanol–water partition coefficient (Wildman–Crippen LogP) is 5.65. The molecule has 0 aliphatic rings. The van der Waals surface area contributed by atoms with E-state index in [1.165, 1.54) is 11.8 Å². The first-order valence-corrected chi connectivity index (χ1v) is 12.6. The highest BCUT2D eigenvalue weighted by molar-refractivity contribution is 9.10. The molecule has 0 fully saturated rings. The van der Waals surface area contributed by atoms with Gasteiger partial charge in [0.1, 0.15) is 5.75 Å². The number of benzene rings is 3. The number of hydrogen-bond donors (Lipinski definition) is 1. The Labute approximate surface area is 216 Å². The van der Waals surface area contributed by atoms with Gasteiger partial charge in [0, 0.05) is 15.7 Å². The minimum absolute atomic E-state index is 0.136. The minimum atomic E-state index is -0.231. The molecule has 0 radical (unpaired) electrons. The molecule has 0 atom stereocenters. The lowest BCUT2D eigenvalue weighted by Crippen LogP contribution is -2.21. The maximum Gasteiger partial charge on any atom is 0.250 e. The standard InChI is InChI=1S/C26H24BrN5O2S/c1-17-7-9-19(10-8-17)25-30-31-26(32(25)22-11-13-23(34-3)14-12-22)35-16-24(33)29-28-18(2)20-5-4-6-21(27)15-20/h4-15H,16H2,1-3H3,(H,29,33). The zero-order chi connectivity index (χ0) is 24.8. The lowest BCUT2D eigenvalue weighted by molar-refractivity contribution is -0.118. The summed E-state index contributed by atoms with van der Waals surface area (Å²) in [4.78, 5) is 12.5. The van der Waals surface area contributed by atoms with Gasteiger partial charge in [-0.05, 0) is 55.8 Å². The van der Waals surface area contributed by atoms with Crippen LogP contribution in [-0.2, 0) is 4.79 Å². The summed E-state index contributed by atoms with van der Waals surface area (Å²) in [6.07, 6.45) is 0. The van der Waals surface area contributed by atoms with Crippen LogP contribution in [0.2, 0.25) is 0 Å². The number of ether oxygens (including phenoxy) is 1. The van der Waals surface area contributed by atoms with E-state index in [0.29, 0.717) is 16.7 Å². The lowest BCUT2D eigenvalue weighted by atomic mass is 10.1. The molecule has 1 amide bonds. The fourth-order valence-electron chi connectivity index (χ4n) is 3.30. The Bertz CT molecular complexity index is 1350. The van der Waals surface area contributed by atoms with Gasteiger partial charge in [-0.2, -0.15) is 5.10 Å². The summed E-state index contributed by atoms with van der Waals surface area (Å²) in [6.45, 7) is 3.89. The van der Waals surface area contributed by atoms with E-state index < -0.39 is 0 Å². The van der Waals surface area contributed by atoms with Crippen molar-refractivity contribution in [3.63, 3.8) is 0 Å². The number of nitrogens with one attached hydrogen (secondary N) is 1. The van der Waals surface area contributed by atoms with Crippen molar-refractivity contribution in [3.8, 4) is 22.8 Å². The Balaban J connectivity index is 1.54. The second kappa shape index (κ2) is 11.3. The van der Waals surface area contributed by atoms with Crippen LogP contribution in [0.5, 0.6) is 5.75 Å². The number of amides is 1. The van der Waals surface area contributed by atoms with E-state index in [0.717, 1.165) is 32.6 Å². The van der Waals surface area contributed by atoms with Gasteiger partial charge in [0.05, 0.1) is 18.6 Å². The second-order valence-electron chi connectivity index (χ2n) is 7.74. The molecule has 0 aliphatic heterocycles. The van der Waals surface area contributed by atoms with Crippen LogP contribution in [-0.4, -0.2) is 39.2 Å². The first-order chi connectivity index (χ1) is 16.9. The molecule has 4 rings (SSSR count). The van der Waals surface area contributed by atoms with Crippen molar-refractivity contribution >= 4 is 39.3 Å². The molecule has 4 aromatic rings. The molecule has 35 heavy (non-hydrogen) atoms. The number of thioether (sulfide) groups is 1. The van der Waals surface area contributed by atoms with Gasteiger partial charge in [0.2, 0.25) is 0 Å². The topological polar surface area (TPSA) is 81.4 Å². The van der Waals surface area contributed by atoms with Crippen LogP contribution in [0.3, 0.4) is 0 Å². The van der Waals surface area contributed by atoms with Gasteiger partial charge < -0.3 is 4.74 Å². The van der Waals surface area contributed by atoms with E-state index in [-0.39, 0.29) is 11.7 Å². The number of hydrogen-bond acceptors (Lipinski definition) is 6. The molecule has 7 nitrogen and oxygen atoms in total. The number of rotatable bonds is 8. The SMILES string of the molecule is COc1ccc(-n2c(SCC(=O)NN=C(C)c3cccc(Br)c3)nnc2-c2ccc(C)cc2)cc1. The van der Waals surface area contributed by atoms with Crippen LogP contribution < -0.4 is 10.2 Å². The summed E-state index contributed by atoms with van der Waals surface area (Å²) in [5, 5.41) is 13.7. The summed E-state index contributed by atoms with van der Waals surface area (Å²) in [5.41, 5.74) is 7.24. The smallest absolute Gasteiger partial charge is 0.250 e. The van der Waals surface area contributed by atoms with E-state index in [1.54, 1.807) is 7.11 Å². The third-order valence-electron chi connectivity index (χ3n) is 5.20. The molecule has 1 heterocycles. The van der Waals surface area contributed by atoms with Crippen LogP contribution in [0.25, 0.3) is 17.1 Å². The molecule has 9 heteroatoms. The Morgan fingerprint density at radius 1 is 1.09 bits per heavy atom. The van der Waals surface area contributed by atoms with E-state index >= 15 is 0 Å². The Hall–Kier alpha value is -3.43. The molecule has 0 aliphatic carbocycles. The predicted molar refractivity (Wildman–Crippen MR) is 143 cm³/mol. The van der Waals surface area contributed by atoms with Gasteiger partial charge in [-0.1, -0.05) is 69.7 Å². The number of halogens is 1. The molecule has 0 bridgehead atoms. The molecule has 1 N–H and O–H groups in total. The van der Waals surface area contributed by atoms with Crippen LogP contribution in [0.1, 0.15) is 18.1 Å². The number of aryl methyl sites for hydroxylation is 1. The van der Waals surface area contributed by atoms with Crippen LogP contribution >= 0.6 is 27.7 Å². The Morgan fingerprint density at radius 2 is 1.83 bits per heavy atom. The third kappa shape index (κ3) is 6.17. The Kier molecular flexibility index (Phi) is 7.99. The van der Waals surface area contributed by atoms with E-state index in [4.69, 9.17) is 4.74 Å². The van der Waals surface area contributed by atoms with Gasteiger partial charge in [-0.3, -0.25) is 9.36 Å². The zero-order valence-electron chi connectivity index (χ0n) is 19.5. The molecule has 3 aromatic carbocycles. The first-order valence-electron chi connectivity index (χ1n) is 10.8. The van der Waals surface area contributed by atoms with Crippen molar-refractivity contribution in [1.82, 2.24) is 20.2 Å². The van der Waals surface area contributed by atoms with E-state index in [9.17, 15) is 4.79 Å². The number of hydrazone groups is 1. The maximum atomic E-state index is 12.5. The summed E-state index contributed by atoms with van der Waals surface area (Å²) in [5.74, 6) is 1.36. The summed E-state index contributed by atoms with van der Waals surface area (Å²) in [7, 11) is 1.63. The molecule has 0 saturated carbocycles. The van der Waals surface area contributed by atoms with Crippen molar-refractivity contribution in [2.45, 2.75) is 19.0 Å². The van der Waals surface area contributed by atoms with Crippen molar-refractivity contribution in [1.29, 1.82) is 0 Å². The monoisotopic (exact) mass is 549 g/mol. The van der Waals surface area contributed by atoms with Crippen molar-refractivity contribution in [2.75, 3.05) is 12.9 Å². The molecule has 0 saturated heterocycles. The minimum Gasteiger partial charge on any atom is -0.497 e. The van der Waals surface area contributed by atoms with Gasteiger partial charge in [-0.15, -0.1) is 10.2 Å². The van der Waals surface area contributed by atoms with Gasteiger partial charge in [0.25, 0.3) is 5.91 Å². The van der Waals surface area contributed by atoms with Crippen LogP contribution in [0.15, 0.2) is 87.5 Å². The fraction of sp³-hybridized carbons (Fsp3) is 0.154. The summed E-state index contributed by atoms with van der Waals surface area (Å²) >= 11 is 4.75. The van der Waals surface area contributed by atoms with Crippen molar-refractivity contribution < 1.29 is 9.53 Å². The first kappa shape index (κ1) is 24.7. The molecule has 1 aromatic heterocycles. The molecule has 178 valence electrons. The van der Waals surface area contributed by atoms with Crippen LogP contribution in [0, 0.1) is 6.92 Å². The highest BCUT2D eigenvalue weighted by Gasteiger charge is 2.17. The van der Waals surface area contributed by atoms with Gasteiger partial charge >= 0.3 is 0 Å². The van der Waals surface area contributed by atoms with Crippen LogP contribution in [0.4, 0.5) is 0 Å². The number of nitrogens with zero attached hydrogens (tertiary/aromatic N) is 4. The highest BCUT2D eigenvalue weighted by atomic mass is 79.9. The van der Waals surface area contributed by atoms with Gasteiger partial charge in [-0.25, -0.2) is 5.43 Å². The van der Waals surface area contributed by atoms with Crippen molar-refractivity contribution in [3.05, 3.63) is 88.4 Å². The van der Waals surface area contributed by atoms with E-state index in [2.05, 4.69) is 36.7 Å². The summed E-state index contributed by atoms with van der Waals surface area (Å²) in [6, 6.07) is 23.5. The largest absolute Gasteiger partial charge is 0.497 e. The Morgan fingerprint density at radius 3 is 2.51 bits per heavy atom. The number of methoxy groups -OCH3 is 1. The van der Waals surface area contributed by atoms with Gasteiger partial charge in [0.15, 0.2) is 11.0 Å². The molecular formula is C26H24BrN5O2S. The van der Waals surface area contributed by atoms with Crippen molar-refractivity contribution in [2.24, 2.45) is 5.10 Å². The van der Waals surface area contributed by atoms with E-state index in [1.807, 2.05) is 91.2 Å². The number of carbonyl (C=O) groups is 1. The molecule has 0 unspecified atom stereocenters. The average Bonchev–Trinajstić information content (AvgIpc) is 3.30. The highest BCUT2D eigenvalue weighted by Crippen LogP contribution is 2.29. The third-order valence-corrected chi connectivity index (χ3v) is 6.62. The quantitative estimate of drug-likeness (QED) is 0.174. The zero-order valence-corrected chi connectivity index (χ0v) is 21.9. The number of aromatic nitrogens is 3. The average molecular weight is 550 g/mol. The number of carbonyl (C=O) groups excluding carboxylic acids is 1. The lowest BCUT2D eigenvalue weighted by Gasteiger charge is -2.11. The second-order valence-corrected chi connectivity index (χ2v) is 9.60. The normalized spacial score (nSPS) is 11.4. The maximum absolute atomic E-state index is 12.5. The fourth-order valence-corrected chi connectivity index (χ4v) is 4.45. The summed E-state index contributed by atoms with van der Waals surface area (Å²) < 4.78 is 8.19. The molecule has 0 spiro atoms.